The SMILES string of the molecule is Cn1c(-c2nc(N)ncc2C#Cc2cccc(NC(=O)C3(C(=O)Nc4ccc(C(F)(F)F)cc4)CC3)c2)cc2c1CCN(C(=O)O)C2=O. The van der Waals surface area contributed by atoms with Gasteiger partial charge in [0.05, 0.1) is 22.4 Å². The number of anilines is 3. The molecule has 0 saturated heterocycles. The fraction of sp³-hybridized carbons (Fsp3) is 0.212. The lowest BCUT2D eigenvalue weighted by Crippen LogP contribution is -2.41. The van der Waals surface area contributed by atoms with Crippen molar-refractivity contribution in [1.29, 1.82) is 0 Å². The van der Waals surface area contributed by atoms with Crippen LogP contribution in [0.25, 0.3) is 11.4 Å². The first kappa shape index (κ1) is 31.8. The zero-order valence-electron chi connectivity index (χ0n) is 25.2. The average Bonchev–Trinajstić information content (AvgIpc) is 3.79. The van der Waals surface area contributed by atoms with E-state index in [-0.39, 0.29) is 36.6 Å². The van der Waals surface area contributed by atoms with Gasteiger partial charge in [-0.3, -0.25) is 14.4 Å². The number of hydrogen-bond acceptors (Lipinski definition) is 7. The normalized spacial score (nSPS) is 14.8. The van der Waals surface area contributed by atoms with Crippen molar-refractivity contribution in [2.24, 2.45) is 12.5 Å². The molecule has 1 aliphatic heterocycles. The molecule has 1 aliphatic carbocycles. The summed E-state index contributed by atoms with van der Waals surface area (Å²) in [5.41, 5.74) is 6.74. The minimum atomic E-state index is -4.51. The summed E-state index contributed by atoms with van der Waals surface area (Å²) in [6, 6.07) is 12.1. The lowest BCUT2D eigenvalue weighted by molar-refractivity contribution is -0.137. The summed E-state index contributed by atoms with van der Waals surface area (Å²) in [5.74, 6) is 4.15. The number of benzene rings is 2. The molecule has 48 heavy (non-hydrogen) atoms. The monoisotopic (exact) mass is 657 g/mol. The van der Waals surface area contributed by atoms with Crippen molar-refractivity contribution in [3.63, 3.8) is 0 Å². The number of aromatic nitrogens is 3. The first-order valence-corrected chi connectivity index (χ1v) is 14.6. The summed E-state index contributed by atoms with van der Waals surface area (Å²) < 4.78 is 40.4. The van der Waals surface area contributed by atoms with Crippen LogP contribution in [-0.2, 0) is 29.2 Å². The number of nitrogens with one attached hydrogen (secondary N) is 2. The third-order valence-electron chi connectivity index (χ3n) is 8.24. The van der Waals surface area contributed by atoms with E-state index in [0.29, 0.717) is 40.3 Å². The fourth-order valence-corrected chi connectivity index (χ4v) is 5.43. The molecule has 2 aromatic carbocycles. The van der Waals surface area contributed by atoms with Crippen LogP contribution in [0.3, 0.4) is 0 Å². The molecule has 0 unspecified atom stereocenters. The van der Waals surface area contributed by atoms with Crippen LogP contribution >= 0.6 is 0 Å². The van der Waals surface area contributed by atoms with Crippen LogP contribution in [0, 0.1) is 17.3 Å². The van der Waals surface area contributed by atoms with Gasteiger partial charge in [-0.15, -0.1) is 0 Å². The Balaban J connectivity index is 1.20. The van der Waals surface area contributed by atoms with E-state index in [1.165, 1.54) is 6.20 Å². The van der Waals surface area contributed by atoms with Gasteiger partial charge in [0.15, 0.2) is 0 Å². The number of rotatable bonds is 5. The number of fused-ring (bicyclic) bond motifs is 1. The molecule has 0 spiro atoms. The number of halogens is 3. The Labute approximate surface area is 270 Å². The van der Waals surface area contributed by atoms with Crippen LogP contribution in [0.2, 0.25) is 0 Å². The second kappa shape index (κ2) is 11.9. The molecule has 1 fully saturated rings. The highest BCUT2D eigenvalue weighted by atomic mass is 19.4. The van der Waals surface area contributed by atoms with E-state index in [9.17, 15) is 37.5 Å². The minimum absolute atomic E-state index is 0.0227. The average molecular weight is 658 g/mol. The Kier molecular flexibility index (Phi) is 7.87. The quantitative estimate of drug-likeness (QED) is 0.179. The third kappa shape index (κ3) is 6.03. The number of nitrogens with zero attached hydrogens (tertiary/aromatic N) is 4. The van der Waals surface area contributed by atoms with E-state index in [0.717, 1.165) is 29.2 Å². The summed E-state index contributed by atoms with van der Waals surface area (Å²) in [5, 5.41) is 14.6. The van der Waals surface area contributed by atoms with Crippen molar-refractivity contribution < 1.29 is 37.5 Å². The fourth-order valence-electron chi connectivity index (χ4n) is 5.43. The lowest BCUT2D eigenvalue weighted by Gasteiger charge is -2.22. The zero-order valence-corrected chi connectivity index (χ0v) is 25.2. The first-order chi connectivity index (χ1) is 22.8. The molecule has 4 aromatic rings. The van der Waals surface area contributed by atoms with Crippen molar-refractivity contribution in [1.82, 2.24) is 19.4 Å². The van der Waals surface area contributed by atoms with E-state index < -0.39 is 41.0 Å². The van der Waals surface area contributed by atoms with Gasteiger partial charge in [0.2, 0.25) is 17.8 Å². The highest BCUT2D eigenvalue weighted by molar-refractivity contribution is 6.17. The number of alkyl halides is 3. The van der Waals surface area contributed by atoms with Crippen LogP contribution < -0.4 is 16.4 Å². The molecule has 12 nitrogen and oxygen atoms in total. The van der Waals surface area contributed by atoms with Gasteiger partial charge < -0.3 is 26.0 Å². The van der Waals surface area contributed by atoms with E-state index in [1.807, 2.05) is 0 Å². The van der Waals surface area contributed by atoms with Gasteiger partial charge in [0, 0.05) is 48.8 Å². The molecule has 6 rings (SSSR count). The summed E-state index contributed by atoms with van der Waals surface area (Å²) in [7, 11) is 1.73. The number of imide groups is 1. The molecule has 4 amide bonds. The molecule has 2 aliphatic rings. The van der Waals surface area contributed by atoms with Crippen molar-refractivity contribution >= 4 is 41.1 Å². The Bertz CT molecular complexity index is 2060. The van der Waals surface area contributed by atoms with Crippen LogP contribution in [-0.4, -0.2) is 54.9 Å². The van der Waals surface area contributed by atoms with E-state index >= 15 is 0 Å². The number of carbonyl (C=O) groups is 4. The second-order valence-electron chi connectivity index (χ2n) is 11.3. The molecule has 5 N–H and O–H groups in total. The maximum Gasteiger partial charge on any atom is 0.416 e. The Morgan fingerprint density at radius 1 is 1.00 bits per heavy atom. The minimum Gasteiger partial charge on any atom is -0.465 e. The summed E-state index contributed by atoms with van der Waals surface area (Å²) in [6.45, 7) is 0.0227. The molecular weight excluding hydrogens is 631 g/mol. The van der Waals surface area contributed by atoms with Crippen molar-refractivity contribution in [3.05, 3.63) is 88.7 Å². The molecule has 0 bridgehead atoms. The topological polar surface area (TPSA) is 173 Å². The summed E-state index contributed by atoms with van der Waals surface area (Å²) >= 11 is 0. The zero-order chi connectivity index (χ0) is 34.4. The third-order valence-corrected chi connectivity index (χ3v) is 8.24. The van der Waals surface area contributed by atoms with Gasteiger partial charge in [-0.05, 0) is 61.4 Å². The number of nitrogen functional groups attached to an aromatic ring is 1. The van der Waals surface area contributed by atoms with E-state index in [4.69, 9.17) is 5.73 Å². The van der Waals surface area contributed by atoms with E-state index in [1.54, 1.807) is 41.9 Å². The number of amides is 4. The number of carboxylic acid groups (broad SMARTS) is 1. The molecule has 0 radical (unpaired) electrons. The first-order valence-electron chi connectivity index (χ1n) is 14.6. The van der Waals surface area contributed by atoms with Crippen molar-refractivity contribution in [2.75, 3.05) is 22.9 Å². The van der Waals surface area contributed by atoms with Gasteiger partial charge in [-0.25, -0.2) is 19.7 Å². The van der Waals surface area contributed by atoms with Crippen LogP contribution in [0.5, 0.6) is 0 Å². The Morgan fingerprint density at radius 3 is 2.33 bits per heavy atom. The number of nitrogens with two attached hydrogens (primary N) is 1. The van der Waals surface area contributed by atoms with Gasteiger partial charge >= 0.3 is 12.3 Å². The molecule has 1 saturated carbocycles. The van der Waals surface area contributed by atoms with Crippen LogP contribution in [0.4, 0.5) is 35.3 Å². The maximum absolute atomic E-state index is 13.2. The molecule has 3 heterocycles. The predicted molar refractivity (Wildman–Crippen MR) is 166 cm³/mol. The van der Waals surface area contributed by atoms with Gasteiger partial charge in [-0.1, -0.05) is 17.9 Å². The van der Waals surface area contributed by atoms with Gasteiger partial charge in [0.1, 0.15) is 11.1 Å². The van der Waals surface area contributed by atoms with Crippen molar-refractivity contribution in [3.8, 4) is 23.2 Å². The molecule has 244 valence electrons. The smallest absolute Gasteiger partial charge is 0.416 e. The highest BCUT2D eigenvalue weighted by Gasteiger charge is 2.56. The standard InChI is InChI=1S/C33H26F3N7O5/c1-42-24-11-14-43(31(47)48)27(44)23(24)16-25(42)26-19(17-38-30(37)41-26)6-5-18-3-2-4-22(15-18)40-29(46)32(12-13-32)28(45)39-21-9-7-20(8-10-21)33(34,35)36/h2-4,7-10,15-17H,11-14H2,1H3,(H,39,45)(H,40,46)(H,47,48)(H2,37,38,41). The largest absolute Gasteiger partial charge is 0.465 e. The van der Waals surface area contributed by atoms with Gasteiger partial charge in [0.25, 0.3) is 5.91 Å². The molecule has 15 heteroatoms. The van der Waals surface area contributed by atoms with Crippen LogP contribution in [0.15, 0.2) is 60.8 Å². The summed E-state index contributed by atoms with van der Waals surface area (Å²) in [6.07, 6.45) is -3.55. The maximum atomic E-state index is 13.2. The Hall–Kier alpha value is -6.17. The predicted octanol–water partition coefficient (Wildman–Crippen LogP) is 4.52. The number of carbonyl (C=O) groups excluding carboxylic acids is 3. The van der Waals surface area contributed by atoms with Gasteiger partial charge in [-0.2, -0.15) is 13.2 Å². The number of hydrogen-bond donors (Lipinski definition) is 4. The van der Waals surface area contributed by atoms with Crippen LogP contribution in [0.1, 0.15) is 45.6 Å². The lowest BCUT2D eigenvalue weighted by atomic mass is 10.0. The molecular formula is C33H26F3N7O5. The Morgan fingerprint density at radius 2 is 1.69 bits per heavy atom. The molecule has 0 atom stereocenters. The molecule has 2 aromatic heterocycles. The highest BCUT2D eigenvalue weighted by Crippen LogP contribution is 2.47. The second-order valence-corrected chi connectivity index (χ2v) is 11.3. The summed E-state index contributed by atoms with van der Waals surface area (Å²) in [4.78, 5) is 59.6. The van der Waals surface area contributed by atoms with Crippen molar-refractivity contribution in [2.45, 2.75) is 25.4 Å². The van der Waals surface area contributed by atoms with E-state index in [2.05, 4.69) is 32.4 Å².